The van der Waals surface area contributed by atoms with E-state index in [4.69, 9.17) is 8.83 Å². The third-order valence-corrected chi connectivity index (χ3v) is 3.71. The monoisotopic (exact) mass is 373 g/mol. The van der Waals surface area contributed by atoms with Gasteiger partial charge >= 0.3 is 6.61 Å². The summed E-state index contributed by atoms with van der Waals surface area (Å²) in [5, 5.41) is 0. The van der Waals surface area contributed by atoms with Crippen molar-refractivity contribution in [3.63, 3.8) is 0 Å². The molecule has 2 aromatic heterocycles. The van der Waals surface area contributed by atoms with Crippen LogP contribution in [0.4, 0.5) is 8.78 Å². The number of hydrogen-bond acceptors (Lipinski definition) is 4. The number of amides is 1. The predicted molar refractivity (Wildman–Crippen MR) is 93.8 cm³/mol. The van der Waals surface area contributed by atoms with Crippen LogP contribution in [0.2, 0.25) is 0 Å². The van der Waals surface area contributed by atoms with E-state index in [1.54, 1.807) is 42.5 Å². The fraction of sp³-hybridized carbons (Fsp3) is 0.150. The second kappa shape index (κ2) is 8.84. The maximum absolute atomic E-state index is 12.7. The Labute approximate surface area is 154 Å². The molecule has 0 atom stereocenters. The van der Waals surface area contributed by atoms with Crippen LogP contribution in [0, 0.1) is 0 Å². The first-order valence-corrected chi connectivity index (χ1v) is 8.17. The Kier molecular flexibility index (Phi) is 6.04. The molecule has 0 bridgehead atoms. The van der Waals surface area contributed by atoms with Gasteiger partial charge in [0.2, 0.25) is 5.91 Å². The maximum atomic E-state index is 12.7. The minimum Gasteiger partial charge on any atom is -0.467 e. The smallest absolute Gasteiger partial charge is 0.387 e. The van der Waals surface area contributed by atoms with Gasteiger partial charge in [-0.2, -0.15) is 8.78 Å². The van der Waals surface area contributed by atoms with Gasteiger partial charge in [-0.05, 0) is 36.4 Å². The number of rotatable bonds is 8. The lowest BCUT2D eigenvalue weighted by molar-refractivity contribution is -0.127. The number of hydrogen-bond donors (Lipinski definition) is 0. The number of para-hydroxylation sites is 1. The molecule has 5 nitrogen and oxygen atoms in total. The summed E-state index contributed by atoms with van der Waals surface area (Å²) in [5.41, 5.74) is 0.377. The van der Waals surface area contributed by atoms with Gasteiger partial charge in [0.05, 0.1) is 25.6 Å². The lowest BCUT2D eigenvalue weighted by Crippen LogP contribution is -2.28. The summed E-state index contributed by atoms with van der Waals surface area (Å²) in [4.78, 5) is 14.2. The average Bonchev–Trinajstić information content (AvgIpc) is 3.34. The van der Waals surface area contributed by atoms with E-state index < -0.39 is 6.61 Å². The lowest BCUT2D eigenvalue weighted by Gasteiger charge is -2.19. The van der Waals surface area contributed by atoms with Gasteiger partial charge in [0.1, 0.15) is 17.3 Å². The van der Waals surface area contributed by atoms with Crippen molar-refractivity contribution in [2.45, 2.75) is 19.7 Å². The Morgan fingerprint density at radius 3 is 2.19 bits per heavy atom. The van der Waals surface area contributed by atoms with E-state index in [9.17, 15) is 13.6 Å². The Morgan fingerprint density at radius 2 is 1.63 bits per heavy atom. The summed E-state index contributed by atoms with van der Waals surface area (Å²) < 4.78 is 40.1. The van der Waals surface area contributed by atoms with E-state index in [-0.39, 0.29) is 24.7 Å². The summed E-state index contributed by atoms with van der Waals surface area (Å²) >= 11 is 0. The van der Waals surface area contributed by atoms with E-state index in [1.165, 1.54) is 35.6 Å². The van der Waals surface area contributed by atoms with E-state index in [1.807, 2.05) is 0 Å². The van der Waals surface area contributed by atoms with Gasteiger partial charge in [-0.15, -0.1) is 0 Å². The minimum atomic E-state index is -2.94. The summed E-state index contributed by atoms with van der Waals surface area (Å²) in [5.74, 6) is 0.907. The number of carbonyl (C=O) groups is 1. The zero-order valence-corrected chi connectivity index (χ0v) is 14.3. The number of carbonyl (C=O) groups excluding carboxylic acids is 1. The normalized spacial score (nSPS) is 11.2. The van der Waals surface area contributed by atoms with Crippen molar-refractivity contribution in [2.75, 3.05) is 0 Å². The van der Waals surface area contributed by atoms with Crippen molar-refractivity contribution in [2.24, 2.45) is 0 Å². The van der Waals surface area contributed by atoms with E-state index >= 15 is 0 Å². The molecule has 27 heavy (non-hydrogen) atoms. The molecule has 1 amide bonds. The first-order chi connectivity index (χ1) is 13.1. The fourth-order valence-corrected chi connectivity index (χ4v) is 2.48. The van der Waals surface area contributed by atoms with Crippen molar-refractivity contribution in [1.82, 2.24) is 4.90 Å². The van der Waals surface area contributed by atoms with Crippen LogP contribution in [0.1, 0.15) is 17.1 Å². The van der Waals surface area contributed by atoms with E-state index in [0.717, 1.165) is 0 Å². The van der Waals surface area contributed by atoms with Crippen molar-refractivity contribution in [1.29, 1.82) is 0 Å². The van der Waals surface area contributed by atoms with Crippen LogP contribution in [0.5, 0.6) is 5.75 Å². The van der Waals surface area contributed by atoms with Crippen LogP contribution < -0.4 is 4.74 Å². The van der Waals surface area contributed by atoms with Crippen LogP contribution in [0.25, 0.3) is 6.08 Å². The zero-order chi connectivity index (χ0) is 19.1. The molecule has 0 aliphatic rings. The molecule has 2 heterocycles. The van der Waals surface area contributed by atoms with Crippen LogP contribution in [0.15, 0.2) is 76.0 Å². The van der Waals surface area contributed by atoms with Gasteiger partial charge in [0.15, 0.2) is 0 Å². The zero-order valence-electron chi connectivity index (χ0n) is 14.3. The molecule has 0 radical (unpaired) electrons. The molecule has 3 rings (SSSR count). The quantitative estimate of drug-likeness (QED) is 0.536. The molecular weight excluding hydrogens is 356 g/mol. The van der Waals surface area contributed by atoms with Crippen molar-refractivity contribution >= 4 is 12.0 Å². The topological polar surface area (TPSA) is 55.8 Å². The molecule has 0 unspecified atom stereocenters. The third kappa shape index (κ3) is 5.31. The Hall–Kier alpha value is -3.35. The molecular formula is C20H17F2NO4. The van der Waals surface area contributed by atoms with Gasteiger partial charge in [0, 0.05) is 11.6 Å². The molecule has 3 aromatic rings. The molecule has 0 spiro atoms. The molecule has 0 aliphatic carbocycles. The van der Waals surface area contributed by atoms with Gasteiger partial charge in [-0.1, -0.05) is 18.2 Å². The summed E-state index contributed by atoms with van der Waals surface area (Å²) in [7, 11) is 0. The van der Waals surface area contributed by atoms with E-state index in [2.05, 4.69) is 4.74 Å². The highest BCUT2D eigenvalue weighted by molar-refractivity contribution is 5.92. The standard InChI is InChI=1S/C20H17F2NO4/c21-20(22)27-18-8-2-1-5-15(18)9-10-19(24)23(13-16-6-3-11-25-16)14-17-7-4-12-26-17/h1-12,20H,13-14H2/b10-9+. The van der Waals surface area contributed by atoms with Crippen molar-refractivity contribution in [3.05, 3.63) is 84.2 Å². The summed E-state index contributed by atoms with van der Waals surface area (Å²) in [6.07, 6.45) is 5.80. The second-order valence-corrected chi connectivity index (χ2v) is 5.60. The molecule has 0 saturated heterocycles. The first kappa shape index (κ1) is 18.4. The largest absolute Gasteiger partial charge is 0.467 e. The van der Waals surface area contributed by atoms with Crippen LogP contribution in [0.3, 0.4) is 0 Å². The SMILES string of the molecule is O=C(/C=C/c1ccccc1OC(F)F)N(Cc1ccco1)Cc1ccco1. The van der Waals surface area contributed by atoms with Crippen molar-refractivity contribution < 1.29 is 27.1 Å². The first-order valence-electron chi connectivity index (χ1n) is 8.17. The van der Waals surface area contributed by atoms with Crippen LogP contribution in [-0.4, -0.2) is 17.4 Å². The molecule has 0 N–H and O–H groups in total. The maximum Gasteiger partial charge on any atom is 0.387 e. The number of benzene rings is 1. The summed E-state index contributed by atoms with van der Waals surface area (Å²) in [6.45, 7) is -2.46. The molecule has 0 aliphatic heterocycles. The Balaban J connectivity index is 1.76. The Morgan fingerprint density at radius 1 is 1.00 bits per heavy atom. The minimum absolute atomic E-state index is 0.000157. The molecule has 0 saturated carbocycles. The number of furan rings is 2. The fourth-order valence-electron chi connectivity index (χ4n) is 2.48. The van der Waals surface area contributed by atoms with Gasteiger partial charge in [-0.25, -0.2) is 0 Å². The highest BCUT2D eigenvalue weighted by Gasteiger charge is 2.15. The lowest BCUT2D eigenvalue weighted by atomic mass is 10.2. The third-order valence-electron chi connectivity index (χ3n) is 3.71. The number of nitrogens with zero attached hydrogens (tertiary/aromatic N) is 1. The van der Waals surface area contributed by atoms with Gasteiger partial charge in [-0.3, -0.25) is 4.79 Å². The molecule has 1 aromatic carbocycles. The molecule has 7 heteroatoms. The van der Waals surface area contributed by atoms with Gasteiger partial charge < -0.3 is 18.5 Å². The van der Waals surface area contributed by atoms with Crippen LogP contribution >= 0.6 is 0 Å². The number of ether oxygens (including phenoxy) is 1. The van der Waals surface area contributed by atoms with Crippen molar-refractivity contribution in [3.8, 4) is 5.75 Å². The molecule has 0 fully saturated rings. The highest BCUT2D eigenvalue weighted by Crippen LogP contribution is 2.22. The second-order valence-electron chi connectivity index (χ2n) is 5.60. The average molecular weight is 373 g/mol. The predicted octanol–water partition coefficient (Wildman–Crippen LogP) is 4.72. The number of alkyl halides is 2. The molecule has 140 valence electrons. The van der Waals surface area contributed by atoms with Gasteiger partial charge in [0.25, 0.3) is 0 Å². The summed E-state index contributed by atoms with van der Waals surface area (Å²) in [6, 6.07) is 13.3. The Bertz CT molecular complexity index is 837. The highest BCUT2D eigenvalue weighted by atomic mass is 19.3. The van der Waals surface area contributed by atoms with E-state index in [0.29, 0.717) is 17.1 Å². The number of halogens is 2. The van der Waals surface area contributed by atoms with Crippen LogP contribution in [-0.2, 0) is 17.9 Å².